The van der Waals surface area contributed by atoms with E-state index in [1.54, 1.807) is 0 Å². The van der Waals surface area contributed by atoms with Gasteiger partial charge < -0.3 is 14.2 Å². The Morgan fingerprint density at radius 3 is 0.721 bits per heavy atom. The SMILES string of the molecule is CCCCCCCCCCCCCC(=O)OC[C@H](COC(=O)CCCCCCCCCCCCCCCCCC(C)C)OC(=O)CCCCCCCCCCCCCCCCCCCCC(C)C. The summed E-state index contributed by atoms with van der Waals surface area (Å²) in [6.45, 7) is 11.4. The molecule has 0 saturated carbocycles. The highest BCUT2D eigenvalue weighted by molar-refractivity contribution is 5.71. The zero-order valence-corrected chi connectivity index (χ0v) is 46.7. The molecule has 0 spiro atoms. The van der Waals surface area contributed by atoms with Crippen LogP contribution in [0.2, 0.25) is 0 Å². The zero-order chi connectivity index (χ0) is 49.6. The molecule has 6 heteroatoms. The van der Waals surface area contributed by atoms with E-state index in [2.05, 4.69) is 34.6 Å². The van der Waals surface area contributed by atoms with Crippen LogP contribution in [0.3, 0.4) is 0 Å². The van der Waals surface area contributed by atoms with Crippen molar-refractivity contribution < 1.29 is 28.6 Å². The summed E-state index contributed by atoms with van der Waals surface area (Å²) >= 11 is 0. The van der Waals surface area contributed by atoms with Crippen molar-refractivity contribution in [2.24, 2.45) is 11.8 Å². The van der Waals surface area contributed by atoms with Crippen molar-refractivity contribution >= 4 is 17.9 Å². The maximum absolute atomic E-state index is 12.9. The molecule has 6 nitrogen and oxygen atoms in total. The molecule has 0 aromatic carbocycles. The molecule has 0 radical (unpaired) electrons. The molecule has 0 aliphatic rings. The van der Waals surface area contributed by atoms with Gasteiger partial charge in [0.25, 0.3) is 0 Å². The molecule has 1 atom stereocenters. The average molecular weight is 962 g/mol. The van der Waals surface area contributed by atoms with E-state index in [-0.39, 0.29) is 31.1 Å². The zero-order valence-electron chi connectivity index (χ0n) is 46.7. The minimum Gasteiger partial charge on any atom is -0.462 e. The summed E-state index contributed by atoms with van der Waals surface area (Å²) in [6, 6.07) is 0. The Balaban J connectivity index is 4.23. The number of hydrogen-bond donors (Lipinski definition) is 0. The van der Waals surface area contributed by atoms with Crippen LogP contribution < -0.4 is 0 Å². The van der Waals surface area contributed by atoms with Gasteiger partial charge in [0.05, 0.1) is 0 Å². The molecule has 404 valence electrons. The summed E-state index contributed by atoms with van der Waals surface area (Å²) in [5.41, 5.74) is 0. The number of rotatable bonds is 56. The van der Waals surface area contributed by atoms with Crippen LogP contribution >= 0.6 is 0 Å². The van der Waals surface area contributed by atoms with Gasteiger partial charge in [-0.15, -0.1) is 0 Å². The van der Waals surface area contributed by atoms with E-state index in [1.165, 1.54) is 238 Å². The maximum Gasteiger partial charge on any atom is 0.306 e. The fourth-order valence-electron chi connectivity index (χ4n) is 9.58. The molecule has 0 fully saturated rings. The van der Waals surface area contributed by atoms with Gasteiger partial charge in [-0.2, -0.15) is 0 Å². The molecule has 0 aromatic rings. The van der Waals surface area contributed by atoms with E-state index in [0.717, 1.165) is 69.6 Å². The number of unbranched alkanes of at least 4 members (excludes halogenated alkanes) is 41. The lowest BCUT2D eigenvalue weighted by Crippen LogP contribution is -2.30. The largest absolute Gasteiger partial charge is 0.462 e. The van der Waals surface area contributed by atoms with Crippen molar-refractivity contribution in [3.63, 3.8) is 0 Å². The first kappa shape index (κ1) is 66.4. The van der Waals surface area contributed by atoms with E-state index in [4.69, 9.17) is 14.2 Å². The molecule has 0 bridgehead atoms. The molecular weight excluding hydrogens is 841 g/mol. The first-order valence-electron chi connectivity index (χ1n) is 30.7. The lowest BCUT2D eigenvalue weighted by atomic mass is 10.0. The molecule has 0 amide bonds. The Hall–Kier alpha value is -1.59. The predicted molar refractivity (Wildman–Crippen MR) is 293 cm³/mol. The van der Waals surface area contributed by atoms with Gasteiger partial charge in [0.1, 0.15) is 13.2 Å². The van der Waals surface area contributed by atoms with Crippen molar-refractivity contribution in [3.8, 4) is 0 Å². The third-order valence-electron chi connectivity index (χ3n) is 14.2. The second-order valence-electron chi connectivity index (χ2n) is 22.3. The quantitative estimate of drug-likeness (QED) is 0.0343. The number of hydrogen-bond acceptors (Lipinski definition) is 6. The second-order valence-corrected chi connectivity index (χ2v) is 22.3. The van der Waals surface area contributed by atoms with Crippen molar-refractivity contribution in [2.45, 2.75) is 355 Å². The topological polar surface area (TPSA) is 78.9 Å². The van der Waals surface area contributed by atoms with Crippen molar-refractivity contribution in [3.05, 3.63) is 0 Å². The maximum atomic E-state index is 12.9. The number of carbonyl (C=O) groups excluding carboxylic acids is 3. The minimum atomic E-state index is -0.762. The molecule has 0 N–H and O–H groups in total. The van der Waals surface area contributed by atoms with E-state index in [0.29, 0.717) is 19.3 Å². The van der Waals surface area contributed by atoms with Gasteiger partial charge in [0, 0.05) is 19.3 Å². The van der Waals surface area contributed by atoms with Crippen molar-refractivity contribution in [2.75, 3.05) is 13.2 Å². The second kappa shape index (κ2) is 54.7. The van der Waals surface area contributed by atoms with E-state index >= 15 is 0 Å². The highest BCUT2D eigenvalue weighted by Crippen LogP contribution is 2.19. The Morgan fingerprint density at radius 1 is 0.279 bits per heavy atom. The fraction of sp³-hybridized carbons (Fsp3) is 0.952. The summed E-state index contributed by atoms with van der Waals surface area (Å²) < 4.78 is 16.9. The molecule has 0 rings (SSSR count). The Bertz CT molecular complexity index is 1040. The van der Waals surface area contributed by atoms with Gasteiger partial charge in [-0.3, -0.25) is 14.4 Å². The van der Waals surface area contributed by atoms with Crippen LogP contribution in [0.25, 0.3) is 0 Å². The monoisotopic (exact) mass is 961 g/mol. The highest BCUT2D eigenvalue weighted by atomic mass is 16.6. The van der Waals surface area contributed by atoms with Crippen LogP contribution in [0.1, 0.15) is 349 Å². The van der Waals surface area contributed by atoms with Gasteiger partial charge >= 0.3 is 17.9 Å². The van der Waals surface area contributed by atoms with Gasteiger partial charge in [-0.1, -0.05) is 311 Å². The lowest BCUT2D eigenvalue weighted by molar-refractivity contribution is -0.167. The molecule has 68 heavy (non-hydrogen) atoms. The smallest absolute Gasteiger partial charge is 0.306 e. The fourth-order valence-corrected chi connectivity index (χ4v) is 9.58. The number of ether oxygens (including phenoxy) is 3. The van der Waals surface area contributed by atoms with E-state index in [9.17, 15) is 14.4 Å². The van der Waals surface area contributed by atoms with E-state index < -0.39 is 6.10 Å². The summed E-state index contributed by atoms with van der Waals surface area (Å²) in [5, 5.41) is 0. The Labute approximate surface area is 425 Å². The predicted octanol–water partition coefficient (Wildman–Crippen LogP) is 20.4. The van der Waals surface area contributed by atoms with Gasteiger partial charge in [0.2, 0.25) is 0 Å². The molecule has 0 saturated heterocycles. The molecule has 0 aliphatic carbocycles. The normalized spacial score (nSPS) is 12.0. The molecule has 0 unspecified atom stereocenters. The Kier molecular flexibility index (Phi) is 53.5. The number of carbonyl (C=O) groups is 3. The summed E-state index contributed by atoms with van der Waals surface area (Å²) in [5.74, 6) is 0.872. The molecule has 0 aromatic heterocycles. The summed E-state index contributed by atoms with van der Waals surface area (Å²) in [7, 11) is 0. The first-order valence-corrected chi connectivity index (χ1v) is 30.7. The van der Waals surface area contributed by atoms with E-state index in [1.807, 2.05) is 0 Å². The van der Waals surface area contributed by atoms with Crippen LogP contribution in [0, 0.1) is 11.8 Å². The highest BCUT2D eigenvalue weighted by Gasteiger charge is 2.19. The summed E-state index contributed by atoms with van der Waals surface area (Å²) in [4.78, 5) is 38.2. The Morgan fingerprint density at radius 2 is 0.485 bits per heavy atom. The third kappa shape index (κ3) is 55.3. The third-order valence-corrected chi connectivity index (χ3v) is 14.2. The molecular formula is C62H120O6. The average Bonchev–Trinajstić information content (AvgIpc) is 3.31. The molecule has 0 heterocycles. The van der Waals surface area contributed by atoms with Crippen LogP contribution in [-0.2, 0) is 28.6 Å². The van der Waals surface area contributed by atoms with Crippen LogP contribution in [0.5, 0.6) is 0 Å². The van der Waals surface area contributed by atoms with Gasteiger partial charge in [-0.25, -0.2) is 0 Å². The van der Waals surface area contributed by atoms with Gasteiger partial charge in [-0.05, 0) is 31.1 Å². The first-order chi connectivity index (χ1) is 33.2. The van der Waals surface area contributed by atoms with Crippen LogP contribution in [-0.4, -0.2) is 37.2 Å². The van der Waals surface area contributed by atoms with Gasteiger partial charge in [0.15, 0.2) is 6.10 Å². The minimum absolute atomic E-state index is 0.0621. The summed E-state index contributed by atoms with van der Waals surface area (Å²) in [6.07, 6.45) is 59.6. The number of esters is 3. The van der Waals surface area contributed by atoms with Crippen LogP contribution in [0.15, 0.2) is 0 Å². The molecule has 0 aliphatic heterocycles. The van der Waals surface area contributed by atoms with Crippen molar-refractivity contribution in [1.82, 2.24) is 0 Å². The lowest BCUT2D eigenvalue weighted by Gasteiger charge is -2.18. The van der Waals surface area contributed by atoms with Crippen LogP contribution in [0.4, 0.5) is 0 Å². The standard InChI is InChI=1S/C62H120O6/c1-6-7-8-9-10-11-25-32-37-42-47-52-60(63)66-55-59(56-67-61(64)53-48-43-38-33-28-23-20-16-18-22-27-31-36-41-46-51-58(4)5)68-62(65)54-49-44-39-34-29-24-19-15-13-12-14-17-21-26-30-35-40-45-50-57(2)3/h57-59H,6-56H2,1-5H3/t59-/m1/s1. The van der Waals surface area contributed by atoms with Crippen molar-refractivity contribution in [1.29, 1.82) is 0 Å².